The second-order valence-electron chi connectivity index (χ2n) is 6.91. The van der Waals surface area contributed by atoms with E-state index in [9.17, 15) is 14.9 Å². The van der Waals surface area contributed by atoms with E-state index in [1.807, 2.05) is 13.8 Å². The third kappa shape index (κ3) is 3.61. The van der Waals surface area contributed by atoms with Gasteiger partial charge in [0, 0.05) is 17.3 Å². The van der Waals surface area contributed by atoms with E-state index in [1.54, 1.807) is 13.0 Å². The highest BCUT2D eigenvalue weighted by molar-refractivity contribution is 5.95. The molecule has 27 heavy (non-hydrogen) atoms. The number of rotatable bonds is 5. The lowest BCUT2D eigenvalue weighted by molar-refractivity contribution is -0.119. The predicted octanol–water partition coefficient (Wildman–Crippen LogP) is 3.79. The summed E-state index contributed by atoms with van der Waals surface area (Å²) in [7, 11) is 0. The lowest BCUT2D eigenvalue weighted by Gasteiger charge is -2.19. The van der Waals surface area contributed by atoms with Crippen LogP contribution in [0.3, 0.4) is 0 Å². The monoisotopic (exact) mass is 369 g/mol. The van der Waals surface area contributed by atoms with Crippen molar-refractivity contribution in [2.45, 2.75) is 52.5 Å². The van der Waals surface area contributed by atoms with Gasteiger partial charge in [0.2, 0.25) is 5.76 Å². The molecule has 1 N–H and O–H groups in total. The van der Waals surface area contributed by atoms with Gasteiger partial charge in [0.15, 0.2) is 6.61 Å². The average molecular weight is 369 g/mol. The number of hydrogen-bond acceptors (Lipinski definition) is 5. The molecule has 1 amide bonds. The molecule has 0 aliphatic heterocycles. The second-order valence-corrected chi connectivity index (χ2v) is 6.91. The van der Waals surface area contributed by atoms with Gasteiger partial charge >= 0.3 is 5.97 Å². The fraction of sp³-hybridized carbons (Fsp3) is 0.450. The minimum Gasteiger partial charge on any atom is -0.457 e. The van der Waals surface area contributed by atoms with Gasteiger partial charge in [0.1, 0.15) is 11.9 Å². The summed E-state index contributed by atoms with van der Waals surface area (Å²) in [5.74, 6) is -0.594. The van der Waals surface area contributed by atoms with Gasteiger partial charge in [-0.1, -0.05) is 12.8 Å². The molecule has 0 aromatic carbocycles. The highest BCUT2D eigenvalue weighted by Crippen LogP contribution is 2.37. The molecular weight excluding hydrogens is 346 g/mol. The number of ether oxygens (including phenoxy) is 1. The van der Waals surface area contributed by atoms with E-state index in [0.717, 1.165) is 36.9 Å². The number of nitrogens with zero attached hydrogens (tertiary/aromatic N) is 2. The first-order valence-electron chi connectivity index (χ1n) is 9.06. The van der Waals surface area contributed by atoms with E-state index in [1.165, 1.54) is 6.26 Å². The Kier molecular flexibility index (Phi) is 5.36. The Hall–Kier alpha value is -3.01. The lowest BCUT2D eigenvalue weighted by atomic mass is 10.2. The SMILES string of the molecule is Cc1ccoc1C(=O)OCC(=O)Nc1c(C#N)c(C)c(C)n1C1CCCC1. The maximum atomic E-state index is 12.4. The molecule has 142 valence electrons. The standard InChI is InChI=1S/C20H23N3O4/c1-12-8-9-26-18(12)20(25)27-11-17(24)22-19-16(10-21)13(2)14(3)23(19)15-6-4-5-7-15/h8-9,15H,4-7,11H2,1-3H3,(H,22,24). The highest BCUT2D eigenvalue weighted by atomic mass is 16.5. The number of aryl methyl sites for hydroxylation is 1. The molecule has 0 spiro atoms. The molecule has 0 atom stereocenters. The molecule has 0 radical (unpaired) electrons. The molecule has 0 bridgehead atoms. The van der Waals surface area contributed by atoms with Crippen molar-refractivity contribution in [3.63, 3.8) is 0 Å². The Morgan fingerprint density at radius 1 is 1.33 bits per heavy atom. The molecule has 1 aliphatic carbocycles. The van der Waals surface area contributed by atoms with E-state index < -0.39 is 18.5 Å². The molecule has 1 saturated carbocycles. The van der Waals surface area contributed by atoms with Crippen LogP contribution in [-0.2, 0) is 9.53 Å². The maximum absolute atomic E-state index is 12.4. The number of carbonyl (C=O) groups is 2. The average Bonchev–Trinajstić information content (AvgIpc) is 3.35. The topological polar surface area (TPSA) is 97.3 Å². The van der Waals surface area contributed by atoms with Crippen LogP contribution in [0, 0.1) is 32.1 Å². The van der Waals surface area contributed by atoms with Gasteiger partial charge in [0.25, 0.3) is 5.91 Å². The zero-order valence-corrected chi connectivity index (χ0v) is 15.8. The number of anilines is 1. The Morgan fingerprint density at radius 2 is 2.04 bits per heavy atom. The number of hydrogen-bond donors (Lipinski definition) is 1. The fourth-order valence-electron chi connectivity index (χ4n) is 3.65. The summed E-state index contributed by atoms with van der Waals surface area (Å²) in [6.07, 6.45) is 5.71. The van der Waals surface area contributed by atoms with Crippen molar-refractivity contribution in [1.82, 2.24) is 4.57 Å². The summed E-state index contributed by atoms with van der Waals surface area (Å²) in [5.41, 5.74) is 2.95. The van der Waals surface area contributed by atoms with E-state index in [4.69, 9.17) is 9.15 Å². The maximum Gasteiger partial charge on any atom is 0.375 e. The highest BCUT2D eigenvalue weighted by Gasteiger charge is 2.27. The van der Waals surface area contributed by atoms with Crippen LogP contribution in [0.5, 0.6) is 0 Å². The molecule has 0 unspecified atom stereocenters. The summed E-state index contributed by atoms with van der Waals surface area (Å²) in [5, 5.41) is 12.3. The van der Waals surface area contributed by atoms with Crippen molar-refractivity contribution in [2.75, 3.05) is 11.9 Å². The van der Waals surface area contributed by atoms with Crippen molar-refractivity contribution in [2.24, 2.45) is 0 Å². The van der Waals surface area contributed by atoms with Crippen LogP contribution in [0.15, 0.2) is 16.7 Å². The van der Waals surface area contributed by atoms with Crippen LogP contribution in [0.4, 0.5) is 5.82 Å². The van der Waals surface area contributed by atoms with E-state index in [0.29, 0.717) is 16.9 Å². The Bertz CT molecular complexity index is 911. The summed E-state index contributed by atoms with van der Waals surface area (Å²) >= 11 is 0. The lowest BCUT2D eigenvalue weighted by Crippen LogP contribution is -2.24. The van der Waals surface area contributed by atoms with Gasteiger partial charge in [-0.15, -0.1) is 0 Å². The first-order chi connectivity index (χ1) is 12.9. The molecule has 1 aliphatic rings. The van der Waals surface area contributed by atoms with Crippen molar-refractivity contribution in [3.05, 3.63) is 40.5 Å². The molecule has 3 rings (SSSR count). The Morgan fingerprint density at radius 3 is 2.63 bits per heavy atom. The number of amides is 1. The van der Waals surface area contributed by atoms with Crippen LogP contribution >= 0.6 is 0 Å². The number of nitrogens with one attached hydrogen (secondary N) is 1. The first kappa shape index (κ1) is 18.8. The number of nitriles is 1. The van der Waals surface area contributed by atoms with Crippen molar-refractivity contribution >= 4 is 17.7 Å². The summed E-state index contributed by atoms with van der Waals surface area (Å²) in [6, 6.07) is 4.11. The first-order valence-corrected chi connectivity index (χ1v) is 9.06. The van der Waals surface area contributed by atoms with Crippen molar-refractivity contribution < 1.29 is 18.7 Å². The number of furan rings is 1. The normalized spacial score (nSPS) is 14.1. The van der Waals surface area contributed by atoms with E-state index in [2.05, 4.69) is 16.0 Å². The molecule has 2 aromatic rings. The third-order valence-electron chi connectivity index (χ3n) is 5.20. The number of carbonyl (C=O) groups excluding carboxylic acids is 2. The Balaban J connectivity index is 1.75. The molecule has 1 fully saturated rings. The molecule has 2 heterocycles. The summed E-state index contributed by atoms with van der Waals surface area (Å²) < 4.78 is 12.2. The zero-order chi connectivity index (χ0) is 19.6. The van der Waals surface area contributed by atoms with Crippen molar-refractivity contribution in [1.29, 1.82) is 5.26 Å². The second kappa shape index (κ2) is 7.70. The molecular formula is C20H23N3O4. The zero-order valence-electron chi connectivity index (χ0n) is 15.8. The fourth-order valence-corrected chi connectivity index (χ4v) is 3.65. The molecule has 7 nitrogen and oxygen atoms in total. The molecule has 0 saturated heterocycles. The molecule has 7 heteroatoms. The van der Waals surface area contributed by atoms with Gasteiger partial charge in [-0.2, -0.15) is 5.26 Å². The number of esters is 1. The van der Waals surface area contributed by atoms with Crippen LogP contribution in [0.2, 0.25) is 0 Å². The third-order valence-corrected chi connectivity index (χ3v) is 5.20. The summed E-state index contributed by atoms with van der Waals surface area (Å²) in [6.45, 7) is 5.12. The van der Waals surface area contributed by atoms with Crippen LogP contribution in [-0.4, -0.2) is 23.1 Å². The predicted molar refractivity (Wildman–Crippen MR) is 98.5 cm³/mol. The van der Waals surface area contributed by atoms with Gasteiger partial charge in [-0.3, -0.25) is 4.79 Å². The van der Waals surface area contributed by atoms with Gasteiger partial charge in [-0.25, -0.2) is 4.79 Å². The Labute approximate surface area is 157 Å². The van der Waals surface area contributed by atoms with Gasteiger partial charge in [-0.05, 0) is 45.2 Å². The quantitative estimate of drug-likeness (QED) is 0.809. The summed E-state index contributed by atoms with van der Waals surface area (Å²) in [4.78, 5) is 24.4. The smallest absolute Gasteiger partial charge is 0.375 e. The number of aromatic nitrogens is 1. The van der Waals surface area contributed by atoms with Crippen molar-refractivity contribution in [3.8, 4) is 6.07 Å². The van der Waals surface area contributed by atoms with E-state index in [-0.39, 0.29) is 11.8 Å². The van der Waals surface area contributed by atoms with Crippen LogP contribution < -0.4 is 5.32 Å². The van der Waals surface area contributed by atoms with Gasteiger partial charge < -0.3 is 19.0 Å². The van der Waals surface area contributed by atoms with Crippen LogP contribution in [0.1, 0.15) is 64.7 Å². The molecule has 2 aromatic heterocycles. The van der Waals surface area contributed by atoms with Gasteiger partial charge in [0.05, 0.1) is 11.8 Å². The minimum atomic E-state index is -0.688. The van der Waals surface area contributed by atoms with Crippen LogP contribution in [0.25, 0.3) is 0 Å². The van der Waals surface area contributed by atoms with E-state index >= 15 is 0 Å². The minimum absolute atomic E-state index is 0.0848. The largest absolute Gasteiger partial charge is 0.457 e.